The van der Waals surface area contributed by atoms with Crippen LogP contribution in [0.25, 0.3) is 22.2 Å². The van der Waals surface area contributed by atoms with Gasteiger partial charge in [-0.25, -0.2) is 4.68 Å². The van der Waals surface area contributed by atoms with Crippen molar-refractivity contribution in [2.24, 2.45) is 5.92 Å². The molecule has 0 saturated heterocycles. The maximum atomic E-state index is 13.0. The number of carbonyl (C=O) groups is 1. The van der Waals surface area contributed by atoms with Gasteiger partial charge in [-0.1, -0.05) is 48.5 Å². The number of carbonyl (C=O) groups excluding carboxylic acids is 1. The Hall–Kier alpha value is -3.34. The van der Waals surface area contributed by atoms with Crippen molar-refractivity contribution in [1.29, 1.82) is 0 Å². The number of benzene rings is 2. The summed E-state index contributed by atoms with van der Waals surface area (Å²) in [6.07, 6.45) is 4.34. The predicted molar refractivity (Wildman–Crippen MR) is 116 cm³/mol. The molecule has 0 radical (unpaired) electrons. The molecular weight excluding hydrogens is 360 g/mol. The molecule has 2 heterocycles. The molecule has 0 aliphatic heterocycles. The summed E-state index contributed by atoms with van der Waals surface area (Å²) in [5.74, 6) is 1.48. The fourth-order valence-electron chi connectivity index (χ4n) is 3.87. The van der Waals surface area contributed by atoms with E-state index in [1.807, 2.05) is 48.1 Å². The molecule has 1 aliphatic carbocycles. The van der Waals surface area contributed by atoms with Crippen LogP contribution in [0.2, 0.25) is 0 Å². The normalized spacial score (nSPS) is 13.7. The Morgan fingerprint density at radius 1 is 1.10 bits per heavy atom. The average molecular weight is 384 g/mol. The second-order valence-electron chi connectivity index (χ2n) is 7.89. The maximum Gasteiger partial charge on any atom is 0.245 e. The number of amides is 1. The molecule has 0 atom stereocenters. The van der Waals surface area contributed by atoms with Gasteiger partial charge in [0.2, 0.25) is 5.91 Å². The van der Waals surface area contributed by atoms with Gasteiger partial charge >= 0.3 is 0 Å². The monoisotopic (exact) mass is 384 g/mol. The molecule has 5 nitrogen and oxygen atoms in total. The first-order chi connectivity index (χ1) is 14.2. The molecule has 1 N–H and O–H groups in total. The molecule has 0 spiro atoms. The van der Waals surface area contributed by atoms with Crippen LogP contribution in [-0.2, 0) is 17.9 Å². The zero-order valence-electron chi connectivity index (χ0n) is 16.5. The molecular formula is C24H24N4O. The third-order valence-electron chi connectivity index (χ3n) is 5.59. The molecule has 5 heteroatoms. The van der Waals surface area contributed by atoms with Crippen LogP contribution in [0, 0.1) is 12.8 Å². The smallest absolute Gasteiger partial charge is 0.245 e. The van der Waals surface area contributed by atoms with Crippen molar-refractivity contribution >= 4 is 22.6 Å². The van der Waals surface area contributed by atoms with Crippen LogP contribution in [0.15, 0.2) is 66.9 Å². The number of fused-ring (bicyclic) bond motifs is 1. The number of aryl methyl sites for hydroxylation is 1. The number of para-hydroxylation sites is 1. The summed E-state index contributed by atoms with van der Waals surface area (Å²) >= 11 is 0. The molecule has 1 fully saturated rings. The van der Waals surface area contributed by atoms with Crippen LogP contribution in [0.5, 0.6) is 0 Å². The molecule has 29 heavy (non-hydrogen) atoms. The Balaban J connectivity index is 1.46. The third-order valence-corrected chi connectivity index (χ3v) is 5.59. The van der Waals surface area contributed by atoms with Gasteiger partial charge in [-0.05, 0) is 43.4 Å². The van der Waals surface area contributed by atoms with Gasteiger partial charge < -0.3 is 9.88 Å². The number of nitrogens with one attached hydrogen (secondary N) is 1. The standard InChI is InChI=1S/C24H24N4O/c1-17-14-25-28(15-18-11-12-18)24(17)26-23(29)16-27-21-10-6-5-9-20(21)13-22(27)19-7-3-2-4-8-19/h2-10,13-14,18H,11-12,15-16H2,1H3,(H,26,29). The summed E-state index contributed by atoms with van der Waals surface area (Å²) in [4.78, 5) is 13.0. The van der Waals surface area contributed by atoms with E-state index >= 15 is 0 Å². The van der Waals surface area contributed by atoms with Crippen molar-refractivity contribution in [1.82, 2.24) is 14.3 Å². The van der Waals surface area contributed by atoms with E-state index < -0.39 is 0 Å². The molecule has 1 saturated carbocycles. The quantitative estimate of drug-likeness (QED) is 0.516. The fourth-order valence-corrected chi connectivity index (χ4v) is 3.87. The number of rotatable bonds is 6. The van der Waals surface area contributed by atoms with E-state index in [0.29, 0.717) is 5.92 Å². The fraction of sp³-hybridized carbons (Fsp3) is 0.250. The first kappa shape index (κ1) is 17.7. The lowest BCUT2D eigenvalue weighted by molar-refractivity contribution is -0.116. The molecule has 0 bridgehead atoms. The minimum Gasteiger partial charge on any atom is -0.331 e. The Morgan fingerprint density at radius 3 is 2.66 bits per heavy atom. The van der Waals surface area contributed by atoms with Gasteiger partial charge in [0, 0.05) is 28.7 Å². The highest BCUT2D eigenvalue weighted by atomic mass is 16.2. The first-order valence-corrected chi connectivity index (χ1v) is 10.1. The van der Waals surface area contributed by atoms with Crippen molar-refractivity contribution < 1.29 is 4.79 Å². The number of nitrogens with zero attached hydrogens (tertiary/aromatic N) is 3. The second kappa shape index (κ2) is 7.24. The van der Waals surface area contributed by atoms with Crippen molar-refractivity contribution in [3.8, 4) is 11.3 Å². The lowest BCUT2D eigenvalue weighted by atomic mass is 10.1. The first-order valence-electron chi connectivity index (χ1n) is 10.1. The summed E-state index contributed by atoms with van der Waals surface area (Å²) < 4.78 is 4.04. The van der Waals surface area contributed by atoms with E-state index in [2.05, 4.69) is 45.3 Å². The lowest BCUT2D eigenvalue weighted by Crippen LogP contribution is -2.22. The average Bonchev–Trinajstić information content (AvgIpc) is 3.41. The maximum absolute atomic E-state index is 13.0. The van der Waals surface area contributed by atoms with E-state index in [1.165, 1.54) is 12.8 Å². The number of hydrogen-bond acceptors (Lipinski definition) is 2. The molecule has 4 aromatic rings. The van der Waals surface area contributed by atoms with E-state index in [1.54, 1.807) is 0 Å². The van der Waals surface area contributed by atoms with Crippen LogP contribution in [-0.4, -0.2) is 20.3 Å². The molecule has 146 valence electrons. The Kier molecular flexibility index (Phi) is 4.43. The largest absolute Gasteiger partial charge is 0.331 e. The number of aromatic nitrogens is 3. The highest BCUT2D eigenvalue weighted by Gasteiger charge is 2.24. The van der Waals surface area contributed by atoms with E-state index in [-0.39, 0.29) is 12.5 Å². The topological polar surface area (TPSA) is 51.9 Å². The van der Waals surface area contributed by atoms with Crippen molar-refractivity contribution in [3.05, 3.63) is 72.4 Å². The zero-order valence-corrected chi connectivity index (χ0v) is 16.5. The molecule has 5 rings (SSSR count). The highest BCUT2D eigenvalue weighted by molar-refractivity contribution is 5.94. The van der Waals surface area contributed by atoms with Crippen LogP contribution in [0.1, 0.15) is 18.4 Å². The SMILES string of the molecule is Cc1cnn(CC2CC2)c1NC(=O)Cn1c(-c2ccccc2)cc2ccccc21. The van der Waals surface area contributed by atoms with E-state index in [4.69, 9.17) is 0 Å². The lowest BCUT2D eigenvalue weighted by Gasteiger charge is -2.13. The van der Waals surface area contributed by atoms with Gasteiger partial charge in [0.25, 0.3) is 0 Å². The van der Waals surface area contributed by atoms with Gasteiger partial charge in [-0.15, -0.1) is 0 Å². The van der Waals surface area contributed by atoms with Gasteiger partial charge in [0.15, 0.2) is 0 Å². The van der Waals surface area contributed by atoms with Crippen molar-refractivity contribution in [3.63, 3.8) is 0 Å². The Morgan fingerprint density at radius 2 is 1.86 bits per heavy atom. The van der Waals surface area contributed by atoms with Gasteiger partial charge in [-0.2, -0.15) is 5.10 Å². The minimum absolute atomic E-state index is 0.0378. The summed E-state index contributed by atoms with van der Waals surface area (Å²) in [6, 6.07) is 20.6. The molecule has 1 aliphatic rings. The summed E-state index contributed by atoms with van der Waals surface area (Å²) in [7, 11) is 0. The van der Waals surface area contributed by atoms with Crippen LogP contribution >= 0.6 is 0 Å². The van der Waals surface area contributed by atoms with Crippen molar-refractivity contribution in [2.45, 2.75) is 32.9 Å². The second-order valence-corrected chi connectivity index (χ2v) is 7.89. The Labute approximate surface area is 170 Å². The number of hydrogen-bond donors (Lipinski definition) is 1. The van der Waals surface area contributed by atoms with Crippen LogP contribution in [0.3, 0.4) is 0 Å². The van der Waals surface area contributed by atoms with Crippen molar-refractivity contribution in [2.75, 3.05) is 5.32 Å². The zero-order chi connectivity index (χ0) is 19.8. The molecule has 2 aromatic heterocycles. The van der Waals surface area contributed by atoms with Gasteiger partial charge in [0.1, 0.15) is 12.4 Å². The summed E-state index contributed by atoms with van der Waals surface area (Å²) in [6.45, 7) is 3.13. The molecule has 2 aromatic carbocycles. The predicted octanol–water partition coefficient (Wildman–Crippen LogP) is 4.86. The Bertz CT molecular complexity index is 1170. The summed E-state index contributed by atoms with van der Waals surface area (Å²) in [5, 5.41) is 8.70. The third kappa shape index (κ3) is 3.56. The highest BCUT2D eigenvalue weighted by Crippen LogP contribution is 2.32. The van der Waals surface area contributed by atoms with Gasteiger partial charge in [-0.3, -0.25) is 4.79 Å². The molecule has 1 amide bonds. The molecule has 0 unspecified atom stereocenters. The minimum atomic E-state index is -0.0378. The van der Waals surface area contributed by atoms with Gasteiger partial charge in [0.05, 0.1) is 6.20 Å². The summed E-state index contributed by atoms with van der Waals surface area (Å²) in [5.41, 5.74) is 4.21. The van der Waals surface area contributed by atoms with Crippen LogP contribution in [0.4, 0.5) is 5.82 Å². The van der Waals surface area contributed by atoms with E-state index in [9.17, 15) is 4.79 Å². The number of anilines is 1. The van der Waals surface area contributed by atoms with Crippen LogP contribution < -0.4 is 5.32 Å². The van der Waals surface area contributed by atoms with E-state index in [0.717, 1.165) is 40.1 Å².